The topological polar surface area (TPSA) is 49.4 Å². The predicted octanol–water partition coefficient (Wildman–Crippen LogP) is 1.71. The number of piperazine rings is 1. The van der Waals surface area contributed by atoms with Gasteiger partial charge in [-0.15, -0.1) is 0 Å². The second-order valence-corrected chi connectivity index (χ2v) is 4.99. The highest BCUT2D eigenvalue weighted by Crippen LogP contribution is 2.21. The second kappa shape index (κ2) is 5.17. The van der Waals surface area contributed by atoms with Gasteiger partial charge in [-0.1, -0.05) is 23.7 Å². The fourth-order valence-electron chi connectivity index (χ4n) is 2.05. The summed E-state index contributed by atoms with van der Waals surface area (Å²) >= 11 is 5.70. The molecule has 2 rings (SSSR count). The molecular formula is C13H14ClFN2O2. The molecule has 1 saturated heterocycles. The molecule has 1 N–H and O–H groups in total. The van der Waals surface area contributed by atoms with Crippen LogP contribution >= 0.6 is 11.6 Å². The summed E-state index contributed by atoms with van der Waals surface area (Å²) in [5.41, 5.74) is 0.301. The van der Waals surface area contributed by atoms with Crippen LogP contribution < -0.4 is 5.32 Å². The van der Waals surface area contributed by atoms with Gasteiger partial charge in [-0.25, -0.2) is 4.39 Å². The van der Waals surface area contributed by atoms with Crippen LogP contribution in [0.5, 0.6) is 0 Å². The standard InChI is InChI=1S/C13H14ClFN2O2/c1-7-13(19)17(8(2)12(18)16-7)6-9-4-3-5-10(14)11(9)15/h3-5,7-8H,6H2,1-2H3,(H,16,18). The lowest BCUT2D eigenvalue weighted by Gasteiger charge is -2.36. The van der Waals surface area contributed by atoms with E-state index in [0.29, 0.717) is 5.56 Å². The Balaban J connectivity index is 2.28. The maximum atomic E-state index is 13.8. The molecule has 1 fully saturated rings. The number of nitrogens with one attached hydrogen (secondary N) is 1. The van der Waals surface area contributed by atoms with E-state index in [4.69, 9.17) is 11.6 Å². The summed E-state index contributed by atoms with van der Waals surface area (Å²) in [6.07, 6.45) is 0. The van der Waals surface area contributed by atoms with E-state index in [-0.39, 0.29) is 23.4 Å². The zero-order valence-corrected chi connectivity index (χ0v) is 11.4. The van der Waals surface area contributed by atoms with Gasteiger partial charge in [-0.05, 0) is 19.9 Å². The zero-order chi connectivity index (χ0) is 14.2. The van der Waals surface area contributed by atoms with E-state index in [0.717, 1.165) is 0 Å². The van der Waals surface area contributed by atoms with Gasteiger partial charge in [-0.3, -0.25) is 9.59 Å². The summed E-state index contributed by atoms with van der Waals surface area (Å²) < 4.78 is 13.8. The molecule has 1 aliphatic rings. The van der Waals surface area contributed by atoms with Crippen LogP contribution in [-0.4, -0.2) is 28.8 Å². The van der Waals surface area contributed by atoms with E-state index in [9.17, 15) is 14.0 Å². The third-order valence-electron chi connectivity index (χ3n) is 3.23. The summed E-state index contributed by atoms with van der Waals surface area (Å²) in [7, 11) is 0. The van der Waals surface area contributed by atoms with E-state index in [1.54, 1.807) is 26.0 Å². The molecule has 1 aromatic rings. The summed E-state index contributed by atoms with van der Waals surface area (Å²) in [4.78, 5) is 25.1. The van der Waals surface area contributed by atoms with E-state index in [1.165, 1.54) is 11.0 Å². The van der Waals surface area contributed by atoms with Gasteiger partial charge >= 0.3 is 0 Å². The molecule has 19 heavy (non-hydrogen) atoms. The molecule has 0 radical (unpaired) electrons. The average molecular weight is 285 g/mol. The summed E-state index contributed by atoms with van der Waals surface area (Å²) in [6.45, 7) is 3.25. The quantitative estimate of drug-likeness (QED) is 0.899. The second-order valence-electron chi connectivity index (χ2n) is 4.59. The molecule has 0 spiro atoms. The molecule has 2 atom stereocenters. The van der Waals surface area contributed by atoms with E-state index in [1.807, 2.05) is 0 Å². The highest BCUT2D eigenvalue weighted by molar-refractivity contribution is 6.30. The first kappa shape index (κ1) is 13.8. The van der Waals surface area contributed by atoms with Crippen molar-refractivity contribution in [3.63, 3.8) is 0 Å². The number of hydrogen-bond acceptors (Lipinski definition) is 2. The third kappa shape index (κ3) is 2.56. The molecular weight excluding hydrogens is 271 g/mol. The van der Waals surface area contributed by atoms with Crippen molar-refractivity contribution >= 4 is 23.4 Å². The molecule has 2 unspecified atom stereocenters. The van der Waals surface area contributed by atoms with Crippen molar-refractivity contribution in [3.05, 3.63) is 34.6 Å². The monoisotopic (exact) mass is 284 g/mol. The van der Waals surface area contributed by atoms with Crippen LogP contribution in [0.2, 0.25) is 5.02 Å². The Bertz CT molecular complexity index is 535. The van der Waals surface area contributed by atoms with Crippen molar-refractivity contribution in [1.29, 1.82) is 0 Å². The van der Waals surface area contributed by atoms with Crippen LogP contribution in [0.4, 0.5) is 4.39 Å². The van der Waals surface area contributed by atoms with Crippen LogP contribution in [0.25, 0.3) is 0 Å². The van der Waals surface area contributed by atoms with Crippen LogP contribution in [0, 0.1) is 5.82 Å². The van der Waals surface area contributed by atoms with Crippen LogP contribution in [-0.2, 0) is 16.1 Å². The summed E-state index contributed by atoms with van der Waals surface area (Å²) in [6, 6.07) is 3.40. The van der Waals surface area contributed by atoms with Crippen molar-refractivity contribution in [3.8, 4) is 0 Å². The minimum Gasteiger partial charge on any atom is -0.343 e. The molecule has 4 nitrogen and oxygen atoms in total. The SMILES string of the molecule is CC1NC(=O)C(C)N(Cc2cccc(Cl)c2F)C1=O. The van der Waals surface area contributed by atoms with Gasteiger partial charge in [0.25, 0.3) is 0 Å². The van der Waals surface area contributed by atoms with Gasteiger partial charge in [0, 0.05) is 12.1 Å². The van der Waals surface area contributed by atoms with Gasteiger partial charge in [0.1, 0.15) is 17.9 Å². The maximum absolute atomic E-state index is 13.8. The minimum atomic E-state index is -0.623. The fraction of sp³-hybridized carbons (Fsp3) is 0.385. The Morgan fingerprint density at radius 1 is 1.37 bits per heavy atom. The first-order valence-corrected chi connectivity index (χ1v) is 6.33. The van der Waals surface area contributed by atoms with Crippen LogP contribution in [0.3, 0.4) is 0 Å². The van der Waals surface area contributed by atoms with Gasteiger partial charge in [0.05, 0.1) is 5.02 Å². The van der Waals surface area contributed by atoms with Crippen LogP contribution in [0.15, 0.2) is 18.2 Å². The van der Waals surface area contributed by atoms with Crippen molar-refractivity contribution in [2.75, 3.05) is 0 Å². The van der Waals surface area contributed by atoms with E-state index in [2.05, 4.69) is 5.32 Å². The average Bonchev–Trinajstić information content (AvgIpc) is 2.37. The number of halogens is 2. The normalized spacial score (nSPS) is 23.5. The van der Waals surface area contributed by atoms with Crippen molar-refractivity contribution < 1.29 is 14.0 Å². The van der Waals surface area contributed by atoms with Crippen LogP contribution in [0.1, 0.15) is 19.4 Å². The number of carbonyl (C=O) groups excluding carboxylic acids is 2. The van der Waals surface area contributed by atoms with Gasteiger partial charge < -0.3 is 10.2 Å². The number of amides is 2. The molecule has 0 bridgehead atoms. The largest absolute Gasteiger partial charge is 0.343 e. The molecule has 2 amide bonds. The highest BCUT2D eigenvalue weighted by Gasteiger charge is 2.35. The smallest absolute Gasteiger partial charge is 0.245 e. The Kier molecular flexibility index (Phi) is 3.75. The summed E-state index contributed by atoms with van der Waals surface area (Å²) in [5, 5.41) is 2.58. The van der Waals surface area contributed by atoms with Gasteiger partial charge in [0.15, 0.2) is 0 Å². The minimum absolute atomic E-state index is 0.00658. The molecule has 1 aliphatic heterocycles. The predicted molar refractivity (Wildman–Crippen MR) is 69.0 cm³/mol. The van der Waals surface area contributed by atoms with E-state index < -0.39 is 17.9 Å². The third-order valence-corrected chi connectivity index (χ3v) is 3.52. The Morgan fingerprint density at radius 2 is 2.05 bits per heavy atom. The van der Waals surface area contributed by atoms with Crippen molar-refractivity contribution in [2.24, 2.45) is 0 Å². The number of hydrogen-bond donors (Lipinski definition) is 1. The molecule has 0 aromatic heterocycles. The molecule has 0 saturated carbocycles. The number of rotatable bonds is 2. The van der Waals surface area contributed by atoms with Gasteiger partial charge in [0.2, 0.25) is 11.8 Å². The number of carbonyl (C=O) groups is 2. The van der Waals surface area contributed by atoms with Crippen molar-refractivity contribution in [2.45, 2.75) is 32.5 Å². The molecule has 6 heteroatoms. The Hall–Kier alpha value is -1.62. The first-order valence-electron chi connectivity index (χ1n) is 5.95. The molecule has 102 valence electrons. The lowest BCUT2D eigenvalue weighted by molar-refractivity contribution is -0.148. The Morgan fingerprint density at radius 3 is 2.74 bits per heavy atom. The maximum Gasteiger partial charge on any atom is 0.245 e. The highest BCUT2D eigenvalue weighted by atomic mass is 35.5. The Labute approximate surface area is 115 Å². The van der Waals surface area contributed by atoms with Gasteiger partial charge in [-0.2, -0.15) is 0 Å². The molecule has 0 aliphatic carbocycles. The first-order chi connectivity index (χ1) is 8.91. The lowest BCUT2D eigenvalue weighted by Crippen LogP contribution is -2.61. The van der Waals surface area contributed by atoms with Crippen molar-refractivity contribution in [1.82, 2.24) is 10.2 Å². The van der Waals surface area contributed by atoms with E-state index >= 15 is 0 Å². The fourth-order valence-corrected chi connectivity index (χ4v) is 2.24. The summed E-state index contributed by atoms with van der Waals surface area (Å²) in [5.74, 6) is -1.02. The molecule has 1 heterocycles. The number of benzene rings is 1. The number of nitrogens with zero attached hydrogens (tertiary/aromatic N) is 1. The zero-order valence-electron chi connectivity index (χ0n) is 10.6. The molecule has 1 aromatic carbocycles. The lowest BCUT2D eigenvalue weighted by atomic mass is 10.1.